The number of thiophene rings is 1. The Balaban J connectivity index is 1.53. The van der Waals surface area contributed by atoms with Gasteiger partial charge < -0.3 is 10.3 Å². The van der Waals surface area contributed by atoms with Crippen LogP contribution in [0.5, 0.6) is 0 Å². The van der Waals surface area contributed by atoms with Gasteiger partial charge in [-0.1, -0.05) is 12.1 Å². The maximum Gasteiger partial charge on any atom is 0.272 e. The molecule has 0 saturated heterocycles. The van der Waals surface area contributed by atoms with Crippen LogP contribution in [-0.2, 0) is 27.8 Å². The quantitative estimate of drug-likeness (QED) is 0.482. The van der Waals surface area contributed by atoms with Gasteiger partial charge >= 0.3 is 0 Å². The van der Waals surface area contributed by atoms with Gasteiger partial charge in [0, 0.05) is 19.5 Å². The summed E-state index contributed by atoms with van der Waals surface area (Å²) in [6.07, 6.45) is 0.663. The summed E-state index contributed by atoms with van der Waals surface area (Å²) in [6, 6.07) is 7.97. The number of aromatic nitrogens is 2. The molecule has 1 amide bonds. The Morgan fingerprint density at radius 3 is 2.64 bits per heavy atom. The van der Waals surface area contributed by atoms with Crippen LogP contribution >= 0.6 is 23.6 Å². The molecule has 0 bridgehead atoms. The lowest BCUT2D eigenvalue weighted by Gasteiger charge is -2.08. The molecule has 3 aromatic rings. The van der Waals surface area contributed by atoms with Crippen LogP contribution < -0.4 is 16.0 Å². The minimum Gasteiger partial charge on any atom is -0.356 e. The maximum atomic E-state index is 12.4. The SMILES string of the molecule is NS(=O)(=O)c1ccc(CCNC(=O)CCn2c(=S)[nH]c3ccsc3c2=O)cc1. The van der Waals surface area contributed by atoms with Crippen molar-refractivity contribution >= 4 is 49.7 Å². The molecule has 2 aromatic heterocycles. The second kappa shape index (κ2) is 8.35. The highest BCUT2D eigenvalue weighted by molar-refractivity contribution is 7.89. The van der Waals surface area contributed by atoms with E-state index in [9.17, 15) is 18.0 Å². The lowest BCUT2D eigenvalue weighted by molar-refractivity contribution is -0.121. The number of nitrogens with zero attached hydrogens (tertiary/aromatic N) is 1. The van der Waals surface area contributed by atoms with E-state index in [1.165, 1.54) is 28.0 Å². The molecular formula is C17H18N4O4S3. The number of carbonyl (C=O) groups is 1. The Labute approximate surface area is 170 Å². The number of benzene rings is 1. The van der Waals surface area contributed by atoms with Gasteiger partial charge in [0.2, 0.25) is 15.9 Å². The molecule has 0 aliphatic carbocycles. The van der Waals surface area contributed by atoms with Gasteiger partial charge in [-0.2, -0.15) is 0 Å². The number of fused-ring (bicyclic) bond motifs is 1. The molecular weight excluding hydrogens is 420 g/mol. The lowest BCUT2D eigenvalue weighted by atomic mass is 10.1. The van der Waals surface area contributed by atoms with Crippen LogP contribution in [0.4, 0.5) is 0 Å². The summed E-state index contributed by atoms with van der Waals surface area (Å²) in [6.45, 7) is 0.580. The predicted molar refractivity (Wildman–Crippen MR) is 110 cm³/mol. The number of sulfonamides is 1. The number of aromatic amines is 1. The molecule has 11 heteroatoms. The number of nitrogens with one attached hydrogen (secondary N) is 2. The normalized spacial score (nSPS) is 11.6. The minimum atomic E-state index is -3.71. The van der Waals surface area contributed by atoms with Gasteiger partial charge in [0.05, 0.1) is 10.4 Å². The van der Waals surface area contributed by atoms with Crippen LogP contribution in [0, 0.1) is 4.77 Å². The van der Waals surface area contributed by atoms with E-state index in [-0.39, 0.29) is 29.3 Å². The largest absolute Gasteiger partial charge is 0.356 e. The minimum absolute atomic E-state index is 0.0463. The molecule has 4 N–H and O–H groups in total. The molecule has 0 radical (unpaired) electrons. The summed E-state index contributed by atoms with van der Waals surface area (Å²) in [4.78, 5) is 27.5. The number of amides is 1. The molecule has 8 nitrogen and oxygen atoms in total. The van der Waals surface area contributed by atoms with Crippen molar-refractivity contribution in [1.82, 2.24) is 14.9 Å². The van der Waals surface area contributed by atoms with Crippen LogP contribution in [0.3, 0.4) is 0 Å². The number of nitrogens with two attached hydrogens (primary N) is 1. The fraction of sp³-hybridized carbons (Fsp3) is 0.235. The smallest absolute Gasteiger partial charge is 0.272 e. The van der Waals surface area contributed by atoms with Crippen LogP contribution in [-0.4, -0.2) is 30.4 Å². The fourth-order valence-corrected chi connectivity index (χ4v) is 4.26. The molecule has 0 spiro atoms. The zero-order valence-electron chi connectivity index (χ0n) is 14.7. The van der Waals surface area contributed by atoms with Crippen molar-refractivity contribution < 1.29 is 13.2 Å². The molecule has 28 heavy (non-hydrogen) atoms. The molecule has 148 valence electrons. The summed E-state index contributed by atoms with van der Waals surface area (Å²) in [7, 11) is -3.71. The number of hydrogen-bond donors (Lipinski definition) is 3. The molecule has 0 saturated carbocycles. The molecule has 1 aromatic carbocycles. The summed E-state index contributed by atoms with van der Waals surface area (Å²) >= 11 is 6.53. The molecule has 0 atom stereocenters. The van der Waals surface area contributed by atoms with Crippen molar-refractivity contribution in [2.24, 2.45) is 5.14 Å². The highest BCUT2D eigenvalue weighted by atomic mass is 32.2. The third-order valence-electron chi connectivity index (χ3n) is 4.14. The number of primary sulfonamides is 1. The maximum absolute atomic E-state index is 12.4. The van der Waals surface area contributed by atoms with E-state index in [1.807, 2.05) is 5.38 Å². The fourth-order valence-electron chi connectivity index (χ4n) is 2.67. The zero-order chi connectivity index (χ0) is 20.3. The Morgan fingerprint density at radius 2 is 1.96 bits per heavy atom. The van der Waals surface area contributed by atoms with E-state index in [1.54, 1.807) is 18.2 Å². The van der Waals surface area contributed by atoms with Gasteiger partial charge in [-0.3, -0.25) is 14.2 Å². The molecule has 3 rings (SSSR count). The first-order valence-electron chi connectivity index (χ1n) is 8.34. The third kappa shape index (κ3) is 4.73. The van der Waals surface area contributed by atoms with E-state index in [0.717, 1.165) is 5.56 Å². The third-order valence-corrected chi connectivity index (χ3v) is 6.30. The monoisotopic (exact) mass is 438 g/mol. The van der Waals surface area contributed by atoms with Crippen molar-refractivity contribution in [3.63, 3.8) is 0 Å². The number of carbonyl (C=O) groups excluding carboxylic acids is 1. The van der Waals surface area contributed by atoms with E-state index < -0.39 is 10.0 Å². The summed E-state index contributed by atoms with van der Waals surface area (Å²) in [5, 5.41) is 9.64. The van der Waals surface area contributed by atoms with Gasteiger partial charge in [0.1, 0.15) is 4.70 Å². The molecule has 0 unspecified atom stereocenters. The van der Waals surface area contributed by atoms with Crippen molar-refractivity contribution in [3.05, 3.63) is 56.4 Å². The Bertz CT molecular complexity index is 1220. The first-order valence-corrected chi connectivity index (χ1v) is 11.2. The summed E-state index contributed by atoms with van der Waals surface area (Å²) in [5.41, 5.74) is 1.38. The second-order valence-electron chi connectivity index (χ2n) is 6.09. The average molecular weight is 439 g/mol. The summed E-state index contributed by atoms with van der Waals surface area (Å²) < 4.78 is 24.7. The molecule has 0 fully saturated rings. The van der Waals surface area contributed by atoms with Gasteiger partial charge in [0.15, 0.2) is 4.77 Å². The highest BCUT2D eigenvalue weighted by Gasteiger charge is 2.09. The number of rotatable bonds is 7. The lowest BCUT2D eigenvalue weighted by Crippen LogP contribution is -2.29. The van der Waals surface area contributed by atoms with Crippen LogP contribution in [0.1, 0.15) is 12.0 Å². The van der Waals surface area contributed by atoms with E-state index in [2.05, 4.69) is 10.3 Å². The van der Waals surface area contributed by atoms with E-state index in [4.69, 9.17) is 17.4 Å². The average Bonchev–Trinajstić information content (AvgIpc) is 3.09. The topological polar surface area (TPSA) is 127 Å². The Hall–Kier alpha value is -2.34. The predicted octanol–water partition coefficient (Wildman–Crippen LogP) is 1.52. The number of hydrogen-bond acceptors (Lipinski definition) is 6. The van der Waals surface area contributed by atoms with Crippen molar-refractivity contribution in [1.29, 1.82) is 0 Å². The van der Waals surface area contributed by atoms with Crippen LogP contribution in [0.15, 0.2) is 45.4 Å². The van der Waals surface area contributed by atoms with Gasteiger partial charge in [-0.25, -0.2) is 13.6 Å². The molecule has 0 aliphatic heterocycles. The van der Waals surface area contributed by atoms with Gasteiger partial charge in [0.25, 0.3) is 5.56 Å². The standard InChI is InChI=1S/C17H18N4O4S3/c18-28(24,25)12-3-1-11(2-4-12)5-8-19-14(22)6-9-21-16(23)15-13(7-10-27-15)20-17(21)26/h1-4,7,10H,5-6,8-9H2,(H,19,22)(H,20,26)(H2,18,24,25). The first-order chi connectivity index (χ1) is 13.3. The molecule has 0 aliphatic rings. The van der Waals surface area contributed by atoms with Crippen molar-refractivity contribution in [2.45, 2.75) is 24.3 Å². The van der Waals surface area contributed by atoms with Crippen LogP contribution in [0.25, 0.3) is 10.2 Å². The van der Waals surface area contributed by atoms with Crippen molar-refractivity contribution in [3.8, 4) is 0 Å². The van der Waals surface area contributed by atoms with E-state index in [0.29, 0.717) is 28.0 Å². The Morgan fingerprint density at radius 1 is 1.25 bits per heavy atom. The second-order valence-corrected chi connectivity index (χ2v) is 8.95. The molecule has 2 heterocycles. The summed E-state index contributed by atoms with van der Waals surface area (Å²) in [5.74, 6) is -0.200. The van der Waals surface area contributed by atoms with Crippen LogP contribution in [0.2, 0.25) is 0 Å². The number of H-pyrrole nitrogens is 1. The van der Waals surface area contributed by atoms with Gasteiger partial charge in [-0.15, -0.1) is 11.3 Å². The Kier molecular flexibility index (Phi) is 6.08. The van der Waals surface area contributed by atoms with E-state index >= 15 is 0 Å². The zero-order valence-corrected chi connectivity index (χ0v) is 17.1. The highest BCUT2D eigenvalue weighted by Crippen LogP contribution is 2.14. The van der Waals surface area contributed by atoms with Gasteiger partial charge in [-0.05, 0) is 47.8 Å². The first kappa shape index (κ1) is 20.4. The van der Waals surface area contributed by atoms with Crippen molar-refractivity contribution in [2.75, 3.05) is 6.54 Å².